The molecule has 4 rings (SSSR count). The van der Waals surface area contributed by atoms with Gasteiger partial charge in [-0.25, -0.2) is 9.78 Å². The first kappa shape index (κ1) is 19.4. The van der Waals surface area contributed by atoms with Gasteiger partial charge in [-0.15, -0.1) is 0 Å². The van der Waals surface area contributed by atoms with Crippen LogP contribution in [0.15, 0.2) is 60.7 Å². The Morgan fingerprint density at radius 2 is 1.79 bits per heavy atom. The topological polar surface area (TPSA) is 68.7 Å². The molecule has 2 aromatic carbocycles. The Kier molecular flexibility index (Phi) is 5.49. The first-order chi connectivity index (χ1) is 14.1. The van der Waals surface area contributed by atoms with E-state index in [0.717, 1.165) is 42.3 Å². The van der Waals surface area contributed by atoms with Gasteiger partial charge >= 0.3 is 5.97 Å². The number of aliphatic hydroxyl groups is 1. The van der Waals surface area contributed by atoms with Gasteiger partial charge in [0.1, 0.15) is 12.4 Å². The molecule has 0 radical (unpaired) electrons. The number of esters is 1. The monoisotopic (exact) mass is 391 g/mol. The standard InChI is InChI=1S/C24H25NO4/c1-28-23(26)24(27,18-7-3-4-8-18)19-11-14-21(15-12-19)29-16-20-13-10-17-6-2-5-9-22(17)25-20/h2,5-6,9-15,18,27H,3-4,7-8,16H2,1H3. The molecule has 1 N–H and O–H groups in total. The zero-order valence-electron chi connectivity index (χ0n) is 16.5. The van der Waals surface area contributed by atoms with Crippen LogP contribution in [-0.4, -0.2) is 23.2 Å². The maximum atomic E-state index is 12.4. The van der Waals surface area contributed by atoms with Gasteiger partial charge in [-0.05, 0) is 42.7 Å². The Hall–Kier alpha value is -2.92. The van der Waals surface area contributed by atoms with E-state index in [1.807, 2.05) is 36.4 Å². The number of benzene rings is 2. The van der Waals surface area contributed by atoms with Crippen LogP contribution in [0.25, 0.3) is 10.9 Å². The van der Waals surface area contributed by atoms with Crippen LogP contribution in [0.2, 0.25) is 0 Å². The zero-order chi connectivity index (χ0) is 20.3. The molecule has 0 aliphatic heterocycles. The smallest absolute Gasteiger partial charge is 0.342 e. The fourth-order valence-electron chi connectivity index (χ4n) is 4.17. The minimum Gasteiger partial charge on any atom is -0.487 e. The Bertz CT molecular complexity index is 995. The molecule has 29 heavy (non-hydrogen) atoms. The van der Waals surface area contributed by atoms with Crippen molar-refractivity contribution in [2.24, 2.45) is 5.92 Å². The minimum absolute atomic E-state index is 0.122. The number of pyridine rings is 1. The van der Waals surface area contributed by atoms with Crippen LogP contribution in [-0.2, 0) is 21.7 Å². The second-order valence-corrected chi connectivity index (χ2v) is 7.55. The van der Waals surface area contributed by atoms with Crippen molar-refractivity contribution in [3.05, 3.63) is 71.9 Å². The summed E-state index contributed by atoms with van der Waals surface area (Å²) >= 11 is 0. The molecular formula is C24H25NO4. The number of hydrogen-bond acceptors (Lipinski definition) is 5. The van der Waals surface area contributed by atoms with Crippen LogP contribution in [0.5, 0.6) is 5.75 Å². The van der Waals surface area contributed by atoms with Gasteiger partial charge in [0.25, 0.3) is 0 Å². The molecule has 1 fully saturated rings. The van der Waals surface area contributed by atoms with Crippen molar-refractivity contribution in [3.63, 3.8) is 0 Å². The molecule has 1 aromatic heterocycles. The van der Waals surface area contributed by atoms with Gasteiger partial charge in [0.2, 0.25) is 0 Å². The number of rotatable bonds is 6. The molecule has 1 aliphatic carbocycles. The van der Waals surface area contributed by atoms with Crippen LogP contribution >= 0.6 is 0 Å². The maximum absolute atomic E-state index is 12.4. The summed E-state index contributed by atoms with van der Waals surface area (Å²) in [6.45, 7) is 0.341. The lowest BCUT2D eigenvalue weighted by Crippen LogP contribution is -2.43. The van der Waals surface area contributed by atoms with Crippen molar-refractivity contribution in [3.8, 4) is 5.75 Å². The molecule has 1 unspecified atom stereocenters. The average molecular weight is 391 g/mol. The first-order valence-electron chi connectivity index (χ1n) is 10.00. The Balaban J connectivity index is 1.49. The highest BCUT2D eigenvalue weighted by atomic mass is 16.5. The number of carbonyl (C=O) groups is 1. The van der Waals surface area contributed by atoms with Gasteiger partial charge in [-0.1, -0.05) is 49.2 Å². The molecule has 1 atom stereocenters. The lowest BCUT2D eigenvalue weighted by Gasteiger charge is -2.31. The summed E-state index contributed by atoms with van der Waals surface area (Å²) in [5.41, 5.74) is 0.713. The average Bonchev–Trinajstić information content (AvgIpc) is 3.32. The number of fused-ring (bicyclic) bond motifs is 1. The lowest BCUT2D eigenvalue weighted by atomic mass is 9.80. The summed E-state index contributed by atoms with van der Waals surface area (Å²) in [5, 5.41) is 12.3. The molecule has 1 saturated carbocycles. The minimum atomic E-state index is -1.61. The van der Waals surface area contributed by atoms with E-state index in [4.69, 9.17) is 9.47 Å². The summed E-state index contributed by atoms with van der Waals surface area (Å²) in [4.78, 5) is 17.0. The summed E-state index contributed by atoms with van der Waals surface area (Å²) in [5.74, 6) is -0.0655. The van der Waals surface area contributed by atoms with Crippen molar-refractivity contribution in [1.29, 1.82) is 0 Å². The van der Waals surface area contributed by atoms with Gasteiger partial charge in [-0.3, -0.25) is 0 Å². The summed E-state index contributed by atoms with van der Waals surface area (Å²) < 4.78 is 10.8. The third-order valence-corrected chi connectivity index (χ3v) is 5.78. The number of nitrogens with zero attached hydrogens (tertiary/aromatic N) is 1. The van der Waals surface area contributed by atoms with E-state index in [-0.39, 0.29) is 5.92 Å². The van der Waals surface area contributed by atoms with Gasteiger partial charge in [0.05, 0.1) is 18.3 Å². The number of hydrogen-bond donors (Lipinski definition) is 1. The van der Waals surface area contributed by atoms with Crippen molar-refractivity contribution in [1.82, 2.24) is 4.98 Å². The second kappa shape index (κ2) is 8.21. The maximum Gasteiger partial charge on any atom is 0.342 e. The van der Waals surface area contributed by atoms with Crippen LogP contribution < -0.4 is 4.74 Å². The molecule has 1 aliphatic rings. The van der Waals surface area contributed by atoms with Gasteiger partial charge in [0, 0.05) is 11.3 Å². The molecule has 1 heterocycles. The lowest BCUT2D eigenvalue weighted by molar-refractivity contribution is -0.170. The Morgan fingerprint density at radius 3 is 2.52 bits per heavy atom. The highest BCUT2D eigenvalue weighted by molar-refractivity contribution is 5.81. The number of carbonyl (C=O) groups excluding carboxylic acids is 1. The quantitative estimate of drug-likeness (QED) is 0.632. The van der Waals surface area contributed by atoms with Crippen LogP contribution in [0.1, 0.15) is 36.9 Å². The third-order valence-electron chi connectivity index (χ3n) is 5.78. The van der Waals surface area contributed by atoms with Gasteiger partial charge in [-0.2, -0.15) is 0 Å². The number of aromatic nitrogens is 1. The molecule has 0 spiro atoms. The van der Waals surface area contributed by atoms with E-state index in [1.54, 1.807) is 24.3 Å². The Morgan fingerprint density at radius 1 is 1.07 bits per heavy atom. The zero-order valence-corrected chi connectivity index (χ0v) is 16.5. The first-order valence-corrected chi connectivity index (χ1v) is 10.00. The van der Waals surface area contributed by atoms with E-state index >= 15 is 0 Å². The van der Waals surface area contributed by atoms with Crippen LogP contribution in [0.4, 0.5) is 0 Å². The van der Waals surface area contributed by atoms with Crippen LogP contribution in [0, 0.1) is 5.92 Å². The number of methoxy groups -OCH3 is 1. The SMILES string of the molecule is COC(=O)C(O)(c1ccc(OCc2ccc3ccccc3n2)cc1)C1CCCC1. The predicted molar refractivity (Wildman–Crippen MR) is 110 cm³/mol. The Labute approximate surface area is 170 Å². The number of ether oxygens (including phenoxy) is 2. The van der Waals surface area contributed by atoms with Gasteiger partial charge < -0.3 is 14.6 Å². The normalized spacial score (nSPS) is 16.5. The highest BCUT2D eigenvalue weighted by Crippen LogP contribution is 2.41. The van der Waals surface area contributed by atoms with Crippen molar-refractivity contribution >= 4 is 16.9 Å². The van der Waals surface area contributed by atoms with Crippen LogP contribution in [0.3, 0.4) is 0 Å². The summed E-state index contributed by atoms with van der Waals surface area (Å²) in [6.07, 6.45) is 3.67. The molecule has 0 bridgehead atoms. The molecule has 150 valence electrons. The predicted octanol–water partition coefficient (Wildman–Crippen LogP) is 4.36. The second-order valence-electron chi connectivity index (χ2n) is 7.55. The largest absolute Gasteiger partial charge is 0.487 e. The molecule has 0 amide bonds. The molecule has 5 nitrogen and oxygen atoms in total. The summed E-state index contributed by atoms with van der Waals surface area (Å²) in [7, 11) is 1.32. The molecular weight excluding hydrogens is 366 g/mol. The number of para-hydroxylation sites is 1. The molecule has 0 saturated heterocycles. The third kappa shape index (κ3) is 3.83. The van der Waals surface area contributed by atoms with E-state index in [9.17, 15) is 9.90 Å². The van der Waals surface area contributed by atoms with Crippen molar-refractivity contribution in [2.45, 2.75) is 37.9 Å². The summed E-state index contributed by atoms with van der Waals surface area (Å²) in [6, 6.07) is 19.0. The van der Waals surface area contributed by atoms with E-state index in [0.29, 0.717) is 17.9 Å². The van der Waals surface area contributed by atoms with E-state index in [1.165, 1.54) is 7.11 Å². The van der Waals surface area contributed by atoms with E-state index in [2.05, 4.69) is 4.98 Å². The fourth-order valence-corrected chi connectivity index (χ4v) is 4.17. The van der Waals surface area contributed by atoms with Crippen molar-refractivity contribution < 1.29 is 19.4 Å². The van der Waals surface area contributed by atoms with Crippen molar-refractivity contribution in [2.75, 3.05) is 7.11 Å². The molecule has 3 aromatic rings. The van der Waals surface area contributed by atoms with Gasteiger partial charge in [0.15, 0.2) is 5.60 Å². The molecule has 5 heteroatoms. The van der Waals surface area contributed by atoms with E-state index < -0.39 is 11.6 Å². The highest BCUT2D eigenvalue weighted by Gasteiger charge is 2.47. The fraction of sp³-hybridized carbons (Fsp3) is 0.333.